The van der Waals surface area contributed by atoms with Crippen LogP contribution in [0.5, 0.6) is 0 Å². The summed E-state index contributed by atoms with van der Waals surface area (Å²) in [5.41, 5.74) is 2.21. The van der Waals surface area contributed by atoms with E-state index < -0.39 is 27.7 Å². The van der Waals surface area contributed by atoms with E-state index in [2.05, 4.69) is 6.08 Å². The second kappa shape index (κ2) is 7.47. The maximum atomic E-state index is 13.8. The lowest BCUT2D eigenvalue weighted by atomic mass is 9.76. The van der Waals surface area contributed by atoms with Gasteiger partial charge in [-0.25, -0.2) is 17.5 Å². The fraction of sp³-hybridized carbons (Fsp3) is 0.348. The number of anilines is 1. The van der Waals surface area contributed by atoms with Gasteiger partial charge in [0.15, 0.2) is 0 Å². The zero-order chi connectivity index (χ0) is 21.5. The number of nitrogens with zero attached hydrogens (tertiary/aromatic N) is 2. The first-order valence-corrected chi connectivity index (χ1v) is 11.4. The third kappa shape index (κ3) is 2.99. The summed E-state index contributed by atoms with van der Waals surface area (Å²) in [7, 11) is -2.56. The van der Waals surface area contributed by atoms with E-state index in [1.807, 2.05) is 38.1 Å². The zero-order valence-electron chi connectivity index (χ0n) is 17.4. The smallest absolute Gasteiger partial charge is 0.411 e. The minimum atomic E-state index is -3.89. The van der Waals surface area contributed by atoms with Crippen molar-refractivity contribution < 1.29 is 17.9 Å². The van der Waals surface area contributed by atoms with Crippen LogP contribution >= 0.6 is 0 Å². The van der Waals surface area contributed by atoms with Crippen molar-refractivity contribution in [2.45, 2.75) is 43.2 Å². The fourth-order valence-electron chi connectivity index (χ4n) is 4.69. The van der Waals surface area contributed by atoms with Crippen molar-refractivity contribution >= 4 is 21.8 Å². The minimum absolute atomic E-state index is 0.203. The highest BCUT2D eigenvalue weighted by Gasteiger charge is 2.61. The second-order valence-corrected chi connectivity index (χ2v) is 9.87. The molecule has 2 aliphatic rings. The van der Waals surface area contributed by atoms with Crippen LogP contribution in [0, 0.1) is 0 Å². The molecule has 0 bridgehead atoms. The summed E-state index contributed by atoms with van der Waals surface area (Å²) in [6.07, 6.45) is 2.24. The van der Waals surface area contributed by atoms with Crippen LogP contribution in [-0.4, -0.2) is 39.2 Å². The lowest BCUT2D eigenvalue weighted by molar-refractivity contribution is 0.115. The number of hydrogen-bond acceptors (Lipinski definition) is 4. The zero-order valence-corrected chi connectivity index (χ0v) is 18.2. The number of hydrogen-bond donors (Lipinski definition) is 0. The van der Waals surface area contributed by atoms with Gasteiger partial charge in [-0.15, -0.1) is 0 Å². The Bertz CT molecular complexity index is 1090. The normalized spacial score (nSPS) is 22.4. The van der Waals surface area contributed by atoms with Gasteiger partial charge >= 0.3 is 6.09 Å². The molecule has 2 unspecified atom stereocenters. The fourth-order valence-corrected chi connectivity index (χ4v) is 6.42. The summed E-state index contributed by atoms with van der Waals surface area (Å²) in [5.74, 6) is 0. The number of fused-ring (bicyclic) bond motifs is 3. The van der Waals surface area contributed by atoms with Crippen LogP contribution in [0.15, 0.2) is 71.1 Å². The molecule has 1 fully saturated rings. The number of rotatable bonds is 4. The minimum Gasteiger partial charge on any atom is -0.453 e. The Balaban J connectivity index is 1.95. The van der Waals surface area contributed by atoms with Crippen molar-refractivity contribution in [1.29, 1.82) is 0 Å². The number of ether oxygens (including phenoxy) is 1. The molecule has 4 rings (SSSR count). The molecule has 2 atom stereocenters. The molecular formula is C23H26N2O4S. The van der Waals surface area contributed by atoms with Crippen molar-refractivity contribution in [2.24, 2.45) is 0 Å². The first kappa shape index (κ1) is 20.5. The van der Waals surface area contributed by atoms with Gasteiger partial charge in [0.05, 0.1) is 17.7 Å². The molecule has 1 amide bonds. The van der Waals surface area contributed by atoms with Crippen molar-refractivity contribution in [2.75, 3.05) is 18.0 Å². The molecule has 0 N–H and O–H groups in total. The van der Waals surface area contributed by atoms with Gasteiger partial charge in [0.25, 0.3) is 10.0 Å². The highest BCUT2D eigenvalue weighted by atomic mass is 32.2. The highest BCUT2D eigenvalue weighted by molar-refractivity contribution is 7.92. The maximum absolute atomic E-state index is 13.8. The Hall–Kier alpha value is -2.80. The first-order chi connectivity index (χ1) is 14.3. The molecule has 2 aliphatic heterocycles. The Kier molecular flexibility index (Phi) is 5.10. The molecule has 7 heteroatoms. The molecule has 0 aromatic heterocycles. The van der Waals surface area contributed by atoms with Gasteiger partial charge in [-0.05, 0) is 50.5 Å². The van der Waals surface area contributed by atoms with Gasteiger partial charge in [0.2, 0.25) is 0 Å². The van der Waals surface area contributed by atoms with Crippen molar-refractivity contribution in [3.05, 3.63) is 71.8 Å². The molecule has 2 aromatic carbocycles. The largest absolute Gasteiger partial charge is 0.453 e. The lowest BCUT2D eigenvalue weighted by Crippen LogP contribution is -2.53. The number of benzene rings is 2. The van der Waals surface area contributed by atoms with E-state index in [4.69, 9.17) is 4.74 Å². The van der Waals surface area contributed by atoms with Gasteiger partial charge in [-0.3, -0.25) is 4.90 Å². The van der Waals surface area contributed by atoms with Gasteiger partial charge in [0, 0.05) is 12.0 Å². The van der Waals surface area contributed by atoms with Gasteiger partial charge in [-0.2, -0.15) is 0 Å². The summed E-state index contributed by atoms with van der Waals surface area (Å²) < 4.78 is 34.1. The van der Waals surface area contributed by atoms with E-state index in [-0.39, 0.29) is 4.90 Å². The quantitative estimate of drug-likeness (QED) is 0.684. The van der Waals surface area contributed by atoms with Gasteiger partial charge in [0.1, 0.15) is 6.17 Å². The Labute approximate surface area is 177 Å². The summed E-state index contributed by atoms with van der Waals surface area (Å²) in [5, 5.41) is 0. The van der Waals surface area contributed by atoms with E-state index in [1.165, 1.54) is 11.4 Å². The molecule has 0 spiro atoms. The molecule has 6 nitrogen and oxygen atoms in total. The number of methoxy groups -OCH3 is 1. The third-order valence-corrected chi connectivity index (χ3v) is 7.85. The third-order valence-electron chi connectivity index (χ3n) is 6.07. The summed E-state index contributed by atoms with van der Waals surface area (Å²) in [4.78, 5) is 14.4. The molecule has 0 radical (unpaired) electrons. The van der Waals surface area contributed by atoms with Crippen LogP contribution in [0.1, 0.15) is 32.3 Å². The monoisotopic (exact) mass is 426 g/mol. The number of sulfonamides is 1. The molecule has 1 saturated heterocycles. The van der Waals surface area contributed by atoms with Crippen molar-refractivity contribution in [3.8, 4) is 0 Å². The molecule has 158 valence electrons. The molecule has 2 heterocycles. The molecule has 30 heavy (non-hydrogen) atoms. The van der Waals surface area contributed by atoms with Gasteiger partial charge in [-0.1, -0.05) is 48.0 Å². The average Bonchev–Trinajstić information content (AvgIpc) is 3.25. The van der Waals surface area contributed by atoms with E-state index >= 15 is 0 Å². The number of para-hydroxylation sites is 1. The predicted molar refractivity (Wildman–Crippen MR) is 116 cm³/mol. The van der Waals surface area contributed by atoms with E-state index in [9.17, 15) is 13.2 Å². The van der Waals surface area contributed by atoms with E-state index in [0.29, 0.717) is 25.1 Å². The standard InChI is InChI=1S/C23H26N2O4S/c1-17(2)13-14-23-15-16-24(22(26)29-3)21(23)25(20-12-8-7-11-19(20)23)30(27,28)18-9-5-4-6-10-18/h4-13,21H,14-16H2,1-3H3. The van der Waals surface area contributed by atoms with Crippen LogP contribution in [0.2, 0.25) is 0 Å². The Morgan fingerprint density at radius 1 is 1.13 bits per heavy atom. The van der Waals surface area contributed by atoms with Crippen LogP contribution in [0.3, 0.4) is 0 Å². The van der Waals surface area contributed by atoms with E-state index in [1.54, 1.807) is 35.2 Å². The number of allylic oxidation sites excluding steroid dienone is 2. The van der Waals surface area contributed by atoms with Crippen molar-refractivity contribution in [3.63, 3.8) is 0 Å². The van der Waals surface area contributed by atoms with Crippen molar-refractivity contribution in [1.82, 2.24) is 4.90 Å². The van der Waals surface area contributed by atoms with Crippen LogP contribution in [0.25, 0.3) is 0 Å². The summed E-state index contributed by atoms with van der Waals surface area (Å²) in [6, 6.07) is 16.0. The molecular weight excluding hydrogens is 400 g/mol. The van der Waals surface area contributed by atoms with E-state index in [0.717, 1.165) is 11.1 Å². The number of likely N-dealkylation sites (tertiary alicyclic amines) is 1. The molecule has 0 aliphatic carbocycles. The number of carbonyl (C=O) groups excluding carboxylic acids is 1. The number of carbonyl (C=O) groups is 1. The summed E-state index contributed by atoms with van der Waals surface area (Å²) in [6.45, 7) is 4.49. The predicted octanol–water partition coefficient (Wildman–Crippen LogP) is 4.29. The summed E-state index contributed by atoms with van der Waals surface area (Å²) >= 11 is 0. The van der Waals surface area contributed by atoms with Crippen LogP contribution in [-0.2, 0) is 20.2 Å². The topological polar surface area (TPSA) is 66.9 Å². The van der Waals surface area contributed by atoms with Crippen LogP contribution < -0.4 is 4.31 Å². The van der Waals surface area contributed by atoms with Gasteiger partial charge < -0.3 is 4.74 Å². The first-order valence-electron chi connectivity index (χ1n) is 10.00. The maximum Gasteiger partial charge on any atom is 0.411 e. The van der Waals surface area contributed by atoms with Crippen LogP contribution in [0.4, 0.5) is 10.5 Å². The molecule has 2 aromatic rings. The number of amides is 1. The Morgan fingerprint density at radius 3 is 2.47 bits per heavy atom. The lowest BCUT2D eigenvalue weighted by Gasteiger charge is -2.36. The highest BCUT2D eigenvalue weighted by Crippen LogP contribution is 2.56. The molecule has 0 saturated carbocycles. The Morgan fingerprint density at radius 2 is 1.80 bits per heavy atom. The average molecular weight is 427 g/mol. The second-order valence-electron chi connectivity index (χ2n) is 8.06. The SMILES string of the molecule is COC(=O)N1CCC2(CC=C(C)C)c3ccccc3N(S(=O)(=O)c3ccccc3)C12.